The standard InChI is InChI=1S/C12H22F3N3O/c1-11(2,16)8-18-5-3-9(4-6-18)7-17-10(19)12(13,14)15/h9H,3-8,16H2,1-2H3,(H,17,19). The minimum absolute atomic E-state index is 0.0954. The Morgan fingerprint density at radius 3 is 2.26 bits per heavy atom. The average molecular weight is 281 g/mol. The number of nitrogens with zero attached hydrogens (tertiary/aromatic N) is 1. The highest BCUT2D eigenvalue weighted by Crippen LogP contribution is 2.19. The SMILES string of the molecule is CC(C)(N)CN1CCC(CNC(=O)C(F)(F)F)CC1. The van der Waals surface area contributed by atoms with Gasteiger partial charge in [0.05, 0.1) is 0 Å². The monoisotopic (exact) mass is 281 g/mol. The highest BCUT2D eigenvalue weighted by molar-refractivity contribution is 5.81. The molecule has 0 radical (unpaired) electrons. The molecule has 0 aliphatic carbocycles. The van der Waals surface area contributed by atoms with Crippen LogP contribution in [-0.4, -0.2) is 48.7 Å². The van der Waals surface area contributed by atoms with E-state index < -0.39 is 12.1 Å². The van der Waals surface area contributed by atoms with Gasteiger partial charge in [-0.05, 0) is 45.7 Å². The molecule has 1 aliphatic rings. The Bertz CT molecular complexity index is 304. The lowest BCUT2D eigenvalue weighted by Crippen LogP contribution is -2.49. The Balaban J connectivity index is 2.26. The van der Waals surface area contributed by atoms with Crippen molar-refractivity contribution in [3.63, 3.8) is 0 Å². The fourth-order valence-corrected chi connectivity index (χ4v) is 2.26. The number of piperidine rings is 1. The molecule has 0 aromatic rings. The van der Waals surface area contributed by atoms with Crippen molar-refractivity contribution < 1.29 is 18.0 Å². The zero-order chi connectivity index (χ0) is 14.7. The molecule has 1 amide bonds. The van der Waals surface area contributed by atoms with Crippen LogP contribution in [0.4, 0.5) is 13.2 Å². The van der Waals surface area contributed by atoms with E-state index >= 15 is 0 Å². The van der Waals surface area contributed by atoms with Gasteiger partial charge in [0.1, 0.15) is 0 Å². The molecule has 0 unspecified atom stereocenters. The Morgan fingerprint density at radius 2 is 1.84 bits per heavy atom. The number of carbonyl (C=O) groups excluding carboxylic acids is 1. The maximum Gasteiger partial charge on any atom is 0.471 e. The topological polar surface area (TPSA) is 58.4 Å². The Labute approximate surface area is 111 Å². The second kappa shape index (κ2) is 6.09. The lowest BCUT2D eigenvalue weighted by Gasteiger charge is -2.35. The van der Waals surface area contributed by atoms with E-state index in [1.165, 1.54) is 0 Å². The van der Waals surface area contributed by atoms with Gasteiger partial charge in [0.2, 0.25) is 0 Å². The molecule has 4 nitrogen and oxygen atoms in total. The van der Waals surface area contributed by atoms with E-state index in [0.29, 0.717) is 0 Å². The van der Waals surface area contributed by atoms with Crippen LogP contribution < -0.4 is 11.1 Å². The van der Waals surface area contributed by atoms with Crippen LogP contribution in [0, 0.1) is 5.92 Å². The Kier molecular flexibility index (Phi) is 5.20. The van der Waals surface area contributed by atoms with E-state index in [-0.39, 0.29) is 18.0 Å². The van der Waals surface area contributed by atoms with Gasteiger partial charge in [0.25, 0.3) is 0 Å². The third-order valence-electron chi connectivity index (χ3n) is 3.15. The number of carbonyl (C=O) groups is 1. The van der Waals surface area contributed by atoms with Crippen LogP contribution >= 0.6 is 0 Å². The molecule has 7 heteroatoms. The van der Waals surface area contributed by atoms with E-state index in [2.05, 4.69) is 4.90 Å². The fourth-order valence-electron chi connectivity index (χ4n) is 2.26. The summed E-state index contributed by atoms with van der Waals surface area (Å²) in [4.78, 5) is 12.9. The predicted octanol–water partition coefficient (Wildman–Crippen LogP) is 1.11. The first-order valence-corrected chi connectivity index (χ1v) is 6.44. The first-order valence-electron chi connectivity index (χ1n) is 6.44. The molecule has 0 aromatic carbocycles. The molecule has 0 aromatic heterocycles. The fraction of sp³-hybridized carbons (Fsp3) is 0.917. The van der Waals surface area contributed by atoms with Crippen LogP contribution in [0.5, 0.6) is 0 Å². The normalized spacial score (nSPS) is 19.5. The van der Waals surface area contributed by atoms with Gasteiger partial charge in [-0.1, -0.05) is 0 Å². The zero-order valence-electron chi connectivity index (χ0n) is 11.4. The second-order valence-corrected chi connectivity index (χ2v) is 5.92. The molecule has 112 valence electrons. The highest BCUT2D eigenvalue weighted by atomic mass is 19.4. The van der Waals surface area contributed by atoms with Crippen molar-refractivity contribution in [3.8, 4) is 0 Å². The van der Waals surface area contributed by atoms with Crippen LogP contribution in [-0.2, 0) is 4.79 Å². The van der Waals surface area contributed by atoms with Gasteiger partial charge in [-0.2, -0.15) is 13.2 Å². The predicted molar refractivity (Wildman–Crippen MR) is 66.5 cm³/mol. The number of halogens is 3. The summed E-state index contributed by atoms with van der Waals surface area (Å²) in [5.74, 6) is -1.73. The van der Waals surface area contributed by atoms with E-state index in [0.717, 1.165) is 32.5 Å². The number of rotatable bonds is 4. The molecule has 19 heavy (non-hydrogen) atoms. The number of nitrogens with one attached hydrogen (secondary N) is 1. The van der Waals surface area contributed by atoms with Crippen LogP contribution in [0.2, 0.25) is 0 Å². The van der Waals surface area contributed by atoms with E-state index in [4.69, 9.17) is 5.73 Å². The van der Waals surface area contributed by atoms with Crippen molar-refractivity contribution in [1.82, 2.24) is 10.2 Å². The van der Waals surface area contributed by atoms with Gasteiger partial charge < -0.3 is 16.0 Å². The average Bonchev–Trinajstić information content (AvgIpc) is 2.24. The first-order chi connectivity index (χ1) is 8.58. The van der Waals surface area contributed by atoms with Crippen LogP contribution in [0.1, 0.15) is 26.7 Å². The summed E-state index contributed by atoms with van der Waals surface area (Å²) in [5, 5.41) is 1.95. The minimum Gasteiger partial charge on any atom is -0.348 e. The van der Waals surface area contributed by atoms with Gasteiger partial charge in [0.15, 0.2) is 0 Å². The summed E-state index contributed by atoms with van der Waals surface area (Å²) in [7, 11) is 0. The molecule has 0 atom stereocenters. The molecule has 0 saturated carbocycles. The third kappa shape index (κ3) is 6.24. The summed E-state index contributed by atoms with van der Waals surface area (Å²) in [6.45, 7) is 6.39. The van der Waals surface area contributed by atoms with Crippen molar-refractivity contribution in [3.05, 3.63) is 0 Å². The lowest BCUT2D eigenvalue weighted by molar-refractivity contribution is -0.173. The molecule has 3 N–H and O–H groups in total. The van der Waals surface area contributed by atoms with Crippen LogP contribution in [0.3, 0.4) is 0 Å². The molecule has 0 spiro atoms. The number of amides is 1. The van der Waals surface area contributed by atoms with E-state index in [1.807, 2.05) is 19.2 Å². The van der Waals surface area contributed by atoms with Gasteiger partial charge in [-0.15, -0.1) is 0 Å². The first kappa shape index (κ1) is 16.2. The zero-order valence-corrected chi connectivity index (χ0v) is 11.4. The number of likely N-dealkylation sites (tertiary alicyclic amines) is 1. The number of alkyl halides is 3. The van der Waals surface area contributed by atoms with Gasteiger partial charge in [-0.25, -0.2) is 0 Å². The molecule has 1 heterocycles. The van der Waals surface area contributed by atoms with Gasteiger partial charge >= 0.3 is 12.1 Å². The summed E-state index contributed by atoms with van der Waals surface area (Å²) in [6, 6.07) is 0. The van der Waals surface area contributed by atoms with Crippen molar-refractivity contribution in [2.75, 3.05) is 26.2 Å². The molecule has 1 aliphatic heterocycles. The molecule has 1 rings (SSSR count). The van der Waals surface area contributed by atoms with Gasteiger partial charge in [0, 0.05) is 18.6 Å². The second-order valence-electron chi connectivity index (χ2n) is 5.92. The van der Waals surface area contributed by atoms with E-state index in [9.17, 15) is 18.0 Å². The van der Waals surface area contributed by atoms with E-state index in [1.54, 1.807) is 0 Å². The Morgan fingerprint density at radius 1 is 1.32 bits per heavy atom. The molecule has 0 bridgehead atoms. The summed E-state index contributed by atoms with van der Waals surface area (Å²) < 4.78 is 36.1. The van der Waals surface area contributed by atoms with Crippen molar-refractivity contribution in [1.29, 1.82) is 0 Å². The van der Waals surface area contributed by atoms with Crippen LogP contribution in [0.25, 0.3) is 0 Å². The maximum absolute atomic E-state index is 12.0. The highest BCUT2D eigenvalue weighted by Gasteiger charge is 2.38. The summed E-state index contributed by atoms with van der Waals surface area (Å²) >= 11 is 0. The van der Waals surface area contributed by atoms with Crippen molar-refractivity contribution in [2.24, 2.45) is 11.7 Å². The van der Waals surface area contributed by atoms with Crippen molar-refractivity contribution in [2.45, 2.75) is 38.4 Å². The summed E-state index contributed by atoms with van der Waals surface area (Å²) in [6.07, 6.45) is -3.22. The van der Waals surface area contributed by atoms with Crippen molar-refractivity contribution >= 4 is 5.91 Å². The molecular weight excluding hydrogens is 259 g/mol. The number of hydrogen-bond donors (Lipinski definition) is 2. The summed E-state index contributed by atoms with van der Waals surface area (Å²) in [5.41, 5.74) is 5.66. The smallest absolute Gasteiger partial charge is 0.348 e. The van der Waals surface area contributed by atoms with Gasteiger partial charge in [-0.3, -0.25) is 4.79 Å². The molecule has 1 fully saturated rings. The van der Waals surface area contributed by atoms with Crippen LogP contribution in [0.15, 0.2) is 0 Å². The minimum atomic E-state index is -4.79. The molecule has 1 saturated heterocycles. The number of nitrogens with two attached hydrogens (primary N) is 1. The quantitative estimate of drug-likeness (QED) is 0.811. The lowest BCUT2D eigenvalue weighted by atomic mass is 9.95. The largest absolute Gasteiger partial charge is 0.471 e. The maximum atomic E-state index is 12.0. The number of hydrogen-bond acceptors (Lipinski definition) is 3. The third-order valence-corrected chi connectivity index (χ3v) is 3.15. The Hall–Kier alpha value is -0.820. The molecular formula is C12H22F3N3O.